The lowest BCUT2D eigenvalue weighted by Crippen LogP contribution is -2.37. The summed E-state index contributed by atoms with van der Waals surface area (Å²) in [5.41, 5.74) is 1.22. The monoisotopic (exact) mass is 205 g/mol. The van der Waals surface area contributed by atoms with Gasteiger partial charge in [-0.05, 0) is 26.1 Å². The van der Waals surface area contributed by atoms with E-state index in [0.29, 0.717) is 12.2 Å². The molecule has 0 spiro atoms. The quantitative estimate of drug-likeness (QED) is 0.734. The zero-order chi connectivity index (χ0) is 11.3. The Bertz CT molecular complexity index is 306. The Kier molecular flexibility index (Phi) is 4.50. The highest BCUT2D eigenvalue weighted by molar-refractivity contribution is 5.83. The number of benzene rings is 1. The number of ketones is 1. The predicted octanol–water partition coefficient (Wildman–Crippen LogP) is 2.14. The van der Waals surface area contributed by atoms with Crippen molar-refractivity contribution in [1.29, 1.82) is 0 Å². The van der Waals surface area contributed by atoms with E-state index in [2.05, 4.69) is 12.1 Å². The van der Waals surface area contributed by atoms with Gasteiger partial charge in [-0.25, -0.2) is 0 Å². The molecule has 0 saturated heterocycles. The minimum atomic E-state index is 0.0115. The zero-order valence-corrected chi connectivity index (χ0v) is 9.73. The molecular formula is C13H19NO. The van der Waals surface area contributed by atoms with Crippen LogP contribution in [-0.4, -0.2) is 30.8 Å². The van der Waals surface area contributed by atoms with Gasteiger partial charge < -0.3 is 0 Å². The van der Waals surface area contributed by atoms with E-state index in [9.17, 15) is 4.79 Å². The fourth-order valence-corrected chi connectivity index (χ4v) is 1.66. The number of hydrogen-bond acceptors (Lipinski definition) is 2. The van der Waals surface area contributed by atoms with Gasteiger partial charge in [0, 0.05) is 6.42 Å². The number of hydrogen-bond donors (Lipinski definition) is 0. The van der Waals surface area contributed by atoms with Gasteiger partial charge >= 0.3 is 0 Å². The smallest absolute Gasteiger partial charge is 0.150 e. The minimum Gasteiger partial charge on any atom is -0.299 e. The van der Waals surface area contributed by atoms with Crippen molar-refractivity contribution in [2.24, 2.45) is 0 Å². The molecule has 0 saturated carbocycles. The molecule has 0 aliphatic heterocycles. The van der Waals surface area contributed by atoms with Crippen molar-refractivity contribution in [1.82, 2.24) is 4.90 Å². The maximum atomic E-state index is 11.7. The number of carbonyl (C=O) groups excluding carboxylic acids is 1. The summed E-state index contributed by atoms with van der Waals surface area (Å²) in [6.07, 6.45) is 1.41. The van der Waals surface area contributed by atoms with Crippen molar-refractivity contribution in [2.45, 2.75) is 25.8 Å². The fraction of sp³-hybridized carbons (Fsp3) is 0.462. The molecule has 1 aromatic rings. The first-order valence-corrected chi connectivity index (χ1v) is 5.38. The maximum absolute atomic E-state index is 11.7. The molecule has 15 heavy (non-hydrogen) atoms. The number of Topliss-reactive ketones (excluding diaryl/α,β-unsaturated/α-hetero) is 1. The van der Waals surface area contributed by atoms with Crippen LogP contribution >= 0.6 is 0 Å². The Hall–Kier alpha value is -1.15. The molecular weight excluding hydrogens is 186 g/mol. The van der Waals surface area contributed by atoms with Gasteiger partial charge in [-0.15, -0.1) is 0 Å². The number of carbonyl (C=O) groups is 1. The molecule has 0 radical (unpaired) electrons. The van der Waals surface area contributed by atoms with E-state index < -0.39 is 0 Å². The molecule has 2 nitrogen and oxygen atoms in total. The van der Waals surface area contributed by atoms with E-state index in [0.717, 1.165) is 6.42 Å². The Morgan fingerprint density at radius 3 is 2.33 bits per heavy atom. The van der Waals surface area contributed by atoms with Gasteiger partial charge in [-0.3, -0.25) is 9.69 Å². The van der Waals surface area contributed by atoms with Gasteiger partial charge in [0.15, 0.2) is 0 Å². The van der Waals surface area contributed by atoms with Crippen molar-refractivity contribution >= 4 is 5.78 Å². The largest absolute Gasteiger partial charge is 0.299 e. The summed E-state index contributed by atoms with van der Waals surface area (Å²) < 4.78 is 0. The summed E-state index contributed by atoms with van der Waals surface area (Å²) in [5.74, 6) is 0.309. The zero-order valence-electron chi connectivity index (χ0n) is 9.73. The third-order valence-corrected chi connectivity index (χ3v) is 2.62. The van der Waals surface area contributed by atoms with Crippen LogP contribution in [0.25, 0.3) is 0 Å². The van der Waals surface area contributed by atoms with Crippen LogP contribution in [0.3, 0.4) is 0 Å². The fourth-order valence-electron chi connectivity index (χ4n) is 1.66. The lowest BCUT2D eigenvalue weighted by molar-refractivity contribution is -0.123. The normalized spacial score (nSPS) is 12.8. The van der Waals surface area contributed by atoms with Gasteiger partial charge in [0.25, 0.3) is 0 Å². The third kappa shape index (κ3) is 3.48. The second kappa shape index (κ2) is 5.66. The Morgan fingerprint density at radius 2 is 1.87 bits per heavy atom. The van der Waals surface area contributed by atoms with E-state index >= 15 is 0 Å². The van der Waals surface area contributed by atoms with Crippen LogP contribution < -0.4 is 0 Å². The van der Waals surface area contributed by atoms with Crippen LogP contribution in [0.1, 0.15) is 18.9 Å². The summed E-state index contributed by atoms with van der Waals surface area (Å²) in [6, 6.07) is 10.2. The molecule has 1 rings (SSSR count). The minimum absolute atomic E-state index is 0.0115. The van der Waals surface area contributed by atoms with Gasteiger partial charge in [0.05, 0.1) is 6.04 Å². The maximum Gasteiger partial charge on any atom is 0.150 e. The van der Waals surface area contributed by atoms with Gasteiger partial charge in [0.2, 0.25) is 0 Å². The molecule has 0 N–H and O–H groups in total. The molecule has 2 heteroatoms. The number of likely N-dealkylation sites (N-methyl/N-ethyl adjacent to an activating group) is 1. The van der Waals surface area contributed by atoms with Crippen molar-refractivity contribution in [2.75, 3.05) is 14.1 Å². The molecule has 0 amide bonds. The highest BCUT2D eigenvalue weighted by Gasteiger charge is 2.18. The van der Waals surface area contributed by atoms with Gasteiger partial charge in [0.1, 0.15) is 5.78 Å². The molecule has 0 heterocycles. The molecule has 0 aliphatic rings. The standard InChI is InChI=1S/C13H19NO/c1-4-13(15)12(14(2)3)10-11-8-6-5-7-9-11/h5-9,12H,4,10H2,1-3H3. The first-order valence-electron chi connectivity index (χ1n) is 5.38. The SMILES string of the molecule is CCC(=O)C(Cc1ccccc1)N(C)C. The molecule has 1 unspecified atom stereocenters. The van der Waals surface area contributed by atoms with Crippen LogP contribution in [0.5, 0.6) is 0 Å². The molecule has 1 aromatic carbocycles. The topological polar surface area (TPSA) is 20.3 Å². The molecule has 0 aliphatic carbocycles. The summed E-state index contributed by atoms with van der Waals surface area (Å²) in [6.45, 7) is 1.92. The van der Waals surface area contributed by atoms with Crippen molar-refractivity contribution in [3.8, 4) is 0 Å². The van der Waals surface area contributed by atoms with Crippen molar-refractivity contribution in [3.05, 3.63) is 35.9 Å². The van der Waals surface area contributed by atoms with E-state index in [-0.39, 0.29) is 6.04 Å². The van der Waals surface area contributed by atoms with Crippen molar-refractivity contribution < 1.29 is 4.79 Å². The molecule has 0 bridgehead atoms. The van der Waals surface area contributed by atoms with Crippen LogP contribution in [0.4, 0.5) is 0 Å². The molecule has 0 aromatic heterocycles. The summed E-state index contributed by atoms with van der Waals surface area (Å²) in [4.78, 5) is 13.7. The summed E-state index contributed by atoms with van der Waals surface area (Å²) in [7, 11) is 3.92. The van der Waals surface area contributed by atoms with Gasteiger partial charge in [-0.1, -0.05) is 37.3 Å². The average Bonchev–Trinajstić information content (AvgIpc) is 2.26. The van der Waals surface area contributed by atoms with Gasteiger partial charge in [-0.2, -0.15) is 0 Å². The van der Waals surface area contributed by atoms with Crippen LogP contribution in [-0.2, 0) is 11.2 Å². The van der Waals surface area contributed by atoms with Crippen LogP contribution in [0.15, 0.2) is 30.3 Å². The predicted molar refractivity (Wildman–Crippen MR) is 62.9 cm³/mol. The van der Waals surface area contributed by atoms with E-state index in [4.69, 9.17) is 0 Å². The molecule has 0 fully saturated rings. The number of rotatable bonds is 5. The van der Waals surface area contributed by atoms with Crippen molar-refractivity contribution in [3.63, 3.8) is 0 Å². The summed E-state index contributed by atoms with van der Waals surface area (Å²) >= 11 is 0. The van der Waals surface area contributed by atoms with Crippen LogP contribution in [0.2, 0.25) is 0 Å². The average molecular weight is 205 g/mol. The third-order valence-electron chi connectivity index (χ3n) is 2.62. The van der Waals surface area contributed by atoms with E-state index in [1.165, 1.54) is 5.56 Å². The second-order valence-electron chi connectivity index (χ2n) is 3.99. The van der Waals surface area contributed by atoms with E-state index in [1.54, 1.807) is 0 Å². The highest BCUT2D eigenvalue weighted by Crippen LogP contribution is 2.08. The van der Waals surface area contributed by atoms with Crippen LogP contribution in [0, 0.1) is 0 Å². The lowest BCUT2D eigenvalue weighted by atomic mass is 10.0. The van der Waals surface area contributed by atoms with E-state index in [1.807, 2.05) is 44.1 Å². The Balaban J connectivity index is 2.72. The highest BCUT2D eigenvalue weighted by atomic mass is 16.1. The molecule has 82 valence electrons. The lowest BCUT2D eigenvalue weighted by Gasteiger charge is -2.22. The Morgan fingerprint density at radius 1 is 1.27 bits per heavy atom. The first kappa shape index (κ1) is 11.9. The Labute approximate surface area is 91.9 Å². The number of nitrogens with zero attached hydrogens (tertiary/aromatic N) is 1. The first-order chi connectivity index (χ1) is 7.15. The molecule has 1 atom stereocenters. The second-order valence-corrected chi connectivity index (χ2v) is 3.99. The summed E-state index contributed by atoms with van der Waals surface area (Å²) in [5, 5.41) is 0.